The first-order valence-corrected chi connectivity index (χ1v) is 28.0. The van der Waals surface area contributed by atoms with Gasteiger partial charge in [-0.2, -0.15) is 15.5 Å². The predicted octanol–water partition coefficient (Wildman–Crippen LogP) is 12.5. The molecule has 0 bridgehead atoms. The third-order valence-electron chi connectivity index (χ3n) is 9.64. The van der Waals surface area contributed by atoms with Crippen molar-refractivity contribution in [2.45, 2.75) is 0 Å². The van der Waals surface area contributed by atoms with E-state index in [9.17, 15) is 0 Å². The average molecular weight is 1170 g/mol. The zero-order valence-electron chi connectivity index (χ0n) is 36.1. The summed E-state index contributed by atoms with van der Waals surface area (Å²) in [6, 6.07) is 88.4. The Balaban J connectivity index is 0.000000294. The predicted molar refractivity (Wildman–Crippen MR) is 304 cm³/mol. The van der Waals surface area contributed by atoms with Crippen LogP contribution in [0.3, 0.4) is 0 Å². The van der Waals surface area contributed by atoms with Crippen LogP contribution in [0.25, 0.3) is 16.2 Å². The number of nitrogens with zero attached hydrogens (tertiary/aromatic N) is 3. The molecule has 66 heavy (non-hydrogen) atoms. The van der Waals surface area contributed by atoms with Crippen LogP contribution in [-0.4, -0.2) is 40.1 Å². The first-order chi connectivity index (χ1) is 32.1. The van der Waals surface area contributed by atoms with Gasteiger partial charge in [-0.05, 0) is 98.8 Å². The second-order valence-corrected chi connectivity index (χ2v) is 23.5. The van der Waals surface area contributed by atoms with Gasteiger partial charge in [0.05, 0.1) is 0 Å². The van der Waals surface area contributed by atoms with Crippen molar-refractivity contribution in [3.05, 3.63) is 259 Å². The molecule has 0 saturated heterocycles. The molecule has 0 fully saturated rings. The minimum Gasteiger partial charge on any atom is -0.753 e. The molecular weight excluding hydrogens is 1120 g/mol. The molecule has 8 rings (SSSR count). The summed E-state index contributed by atoms with van der Waals surface area (Å²) in [4.78, 5) is 0. The summed E-state index contributed by atoms with van der Waals surface area (Å²) in [5, 5.41) is 37.2. The minimum absolute atomic E-state index is 0. The Kier molecular flexibility index (Phi) is 29.6. The van der Waals surface area contributed by atoms with E-state index in [4.69, 9.17) is 16.2 Å². The quantitative estimate of drug-likeness (QED) is 0.0472. The molecule has 0 saturated carbocycles. The zero-order chi connectivity index (χ0) is 46.2. The van der Waals surface area contributed by atoms with E-state index in [1.165, 1.54) is 82.6 Å². The molecule has 0 aliphatic rings. The third-order valence-corrected chi connectivity index (χ3v) is 20.4. The molecule has 3 nitrogen and oxygen atoms in total. The van der Waals surface area contributed by atoms with Gasteiger partial charge in [0.1, 0.15) is 0 Å². The van der Waals surface area contributed by atoms with Crippen LogP contribution in [0.1, 0.15) is 0 Å². The monoisotopic (exact) mass is 1170 g/mol. The molecule has 0 N–H and O–H groups in total. The Bertz CT molecular complexity index is 2050. The van der Waals surface area contributed by atoms with Crippen molar-refractivity contribution >= 4 is 126 Å². The number of hydrogen-bond donors (Lipinski definition) is 0. The van der Waals surface area contributed by atoms with Crippen molar-refractivity contribution in [3.63, 3.8) is 0 Å². The summed E-state index contributed by atoms with van der Waals surface area (Å²) < 4.78 is 0. The second-order valence-electron chi connectivity index (χ2n) is 13.6. The normalized spacial score (nSPS) is 9.76. The fraction of sp³-hybridized carbons (Fsp3) is 0.0727. The second kappa shape index (κ2) is 34.9. The molecule has 8 aromatic carbocycles. The van der Waals surface area contributed by atoms with E-state index < -0.39 is 0 Å². The van der Waals surface area contributed by atoms with E-state index in [-0.39, 0.29) is 54.1 Å². The zero-order valence-corrected chi connectivity index (χ0v) is 44.3. The fourth-order valence-electron chi connectivity index (χ4n) is 6.89. The number of hydrogen-bond acceptors (Lipinski definition) is 3. The van der Waals surface area contributed by atoms with Gasteiger partial charge in [-0.15, -0.1) is 0 Å². The van der Waals surface area contributed by atoms with Crippen LogP contribution in [0.4, 0.5) is 0 Å². The smallest absolute Gasteiger partial charge is 0.753 e. The molecule has 0 atom stereocenters. The fourth-order valence-corrected chi connectivity index (χ4v) is 17.6. The van der Waals surface area contributed by atoms with Gasteiger partial charge < -0.3 is 16.2 Å². The molecule has 0 heterocycles. The Labute approximate surface area is 428 Å². The molecule has 11 heteroatoms. The maximum absolute atomic E-state index is 7.13. The summed E-state index contributed by atoms with van der Waals surface area (Å²) in [5.41, 5.74) is 0. The summed E-state index contributed by atoms with van der Waals surface area (Å²) in [5.74, 6) is 0. The maximum atomic E-state index is 7.13. The third kappa shape index (κ3) is 19.8. The molecule has 332 valence electrons. The van der Waals surface area contributed by atoms with Gasteiger partial charge >= 0.3 is 22.4 Å². The van der Waals surface area contributed by atoms with Crippen LogP contribution >= 0.6 is 68.3 Å². The summed E-state index contributed by atoms with van der Waals surface area (Å²) in [7, 11) is -1.39. The van der Waals surface area contributed by atoms with Gasteiger partial charge in [-0.1, -0.05) is 279 Å². The molecule has 0 aromatic heterocycles. The van der Waals surface area contributed by atoms with Crippen molar-refractivity contribution < 1.29 is 22.4 Å². The number of benzene rings is 8. The van der Waals surface area contributed by atoms with Crippen molar-refractivity contribution in [2.24, 2.45) is 0 Å². The first kappa shape index (κ1) is 55.9. The van der Waals surface area contributed by atoms with Crippen LogP contribution in [-0.2, 0) is 22.4 Å². The molecule has 0 amide bonds. The minimum atomic E-state index is -0.348. The Hall–Kier alpha value is -4.38. The number of thiocarbonyl (C=S) groups is 3. The topological polar surface area (TPSA) is 66.9 Å². The van der Waals surface area contributed by atoms with Crippen LogP contribution in [0.2, 0.25) is 0 Å². The Morgan fingerprint density at radius 2 is 0.333 bits per heavy atom. The van der Waals surface area contributed by atoms with Gasteiger partial charge in [0.25, 0.3) is 0 Å². The van der Waals surface area contributed by atoms with Crippen LogP contribution in [0, 0.1) is 0 Å². The molecule has 0 aliphatic heterocycles. The van der Waals surface area contributed by atoms with Gasteiger partial charge in [0.15, 0.2) is 0 Å². The van der Waals surface area contributed by atoms with Gasteiger partial charge in [-0.3, -0.25) is 0 Å². The van der Waals surface area contributed by atoms with E-state index in [1.807, 2.05) is 0 Å². The molecular formula is C55H48AuN3P4S3. The van der Waals surface area contributed by atoms with E-state index >= 15 is 0 Å². The average Bonchev–Trinajstić information content (AvgIpc) is 3.37. The number of rotatable bonds is 14. The summed E-state index contributed by atoms with van der Waals surface area (Å²) >= 11 is 11.1. The van der Waals surface area contributed by atoms with E-state index in [2.05, 4.69) is 279 Å². The van der Waals surface area contributed by atoms with Crippen LogP contribution < -0.4 is 42.4 Å². The Morgan fingerprint density at radius 1 is 0.242 bits per heavy atom. The van der Waals surface area contributed by atoms with Crippen molar-refractivity contribution in [1.29, 1.82) is 0 Å². The number of isothiocyanates is 3. The standard InChI is InChI=1S/2C26H24P2.3CNS.Au/c2*1-5-13-23(14-6-1)27(24-15-7-2-8-16-24)21-22-28(25-17-9-3-10-18-25)26-19-11-4-12-20-26;3*2-1-3;/h2*1-20H,21-22H2;;;;/q;;3*-1;+3. The molecule has 0 aliphatic carbocycles. The molecule has 0 spiro atoms. The van der Waals surface area contributed by atoms with E-state index in [0.29, 0.717) is 0 Å². The maximum Gasteiger partial charge on any atom is 3.00 e. The molecule has 0 unspecified atom stereocenters. The molecule has 8 aromatic rings. The van der Waals surface area contributed by atoms with Crippen molar-refractivity contribution in [1.82, 2.24) is 0 Å². The van der Waals surface area contributed by atoms with Crippen LogP contribution in [0.5, 0.6) is 0 Å². The first-order valence-electron chi connectivity index (χ1n) is 20.6. The van der Waals surface area contributed by atoms with Crippen LogP contribution in [0.15, 0.2) is 243 Å². The van der Waals surface area contributed by atoms with Crippen molar-refractivity contribution in [2.75, 3.05) is 24.6 Å². The largest absolute Gasteiger partial charge is 3.00 e. The SMILES string of the molecule is [Au+3].[N-]=C=S.[N-]=C=S.[N-]=C=S.c1ccc(P(CCP(c2ccccc2)c2ccccc2)c2ccccc2)cc1.c1ccc(P(CCP(c2ccccc2)c2ccccc2)c2ccccc2)cc1. The van der Waals surface area contributed by atoms with Gasteiger partial charge in [0.2, 0.25) is 0 Å². The van der Waals surface area contributed by atoms with E-state index in [1.54, 1.807) is 0 Å². The summed E-state index contributed by atoms with van der Waals surface area (Å²) in [6.45, 7) is 0. The Morgan fingerprint density at radius 3 is 0.424 bits per heavy atom. The summed E-state index contributed by atoms with van der Waals surface area (Å²) in [6.07, 6.45) is 4.83. The van der Waals surface area contributed by atoms with Crippen molar-refractivity contribution in [3.8, 4) is 0 Å². The van der Waals surface area contributed by atoms with Gasteiger partial charge in [0, 0.05) is 0 Å². The van der Waals surface area contributed by atoms with Gasteiger partial charge in [-0.25, -0.2) is 0 Å². The molecule has 0 radical (unpaired) electrons. The van der Waals surface area contributed by atoms with E-state index in [0.717, 1.165) is 0 Å².